The van der Waals surface area contributed by atoms with Crippen LogP contribution in [0.1, 0.15) is 18.1 Å². The zero-order chi connectivity index (χ0) is 24.8. The van der Waals surface area contributed by atoms with Gasteiger partial charge in [0.15, 0.2) is 6.61 Å². The van der Waals surface area contributed by atoms with Crippen molar-refractivity contribution in [3.63, 3.8) is 0 Å². The first-order valence-electron chi connectivity index (χ1n) is 11.6. The van der Waals surface area contributed by atoms with Crippen molar-refractivity contribution < 1.29 is 22.7 Å². The number of carbonyl (C=O) groups is 1. The molecule has 2 unspecified atom stereocenters. The van der Waals surface area contributed by atoms with Crippen LogP contribution in [0.5, 0.6) is 5.75 Å². The predicted molar refractivity (Wildman–Crippen MR) is 128 cm³/mol. The highest BCUT2D eigenvalue weighted by Crippen LogP contribution is 2.23. The summed E-state index contributed by atoms with van der Waals surface area (Å²) >= 11 is 0. The number of ether oxygens (including phenoxy) is 1. The van der Waals surface area contributed by atoms with E-state index in [4.69, 9.17) is 4.74 Å². The van der Waals surface area contributed by atoms with E-state index >= 15 is 0 Å². The lowest BCUT2D eigenvalue weighted by Crippen LogP contribution is -2.54. The molecule has 2 atom stereocenters. The summed E-state index contributed by atoms with van der Waals surface area (Å²) in [7, 11) is 0. The maximum Gasteiger partial charge on any atom is 0.403 e. The third-order valence-corrected chi connectivity index (χ3v) is 6.17. The standard InChI is InChI=1S/C26H29F3N4O2/c1-18(26(27,28)29)32-22(16-33-13-11-19-6-2-3-7-21(19)15-33)14-31-24(34)17-35-23-10-4-8-20-9-5-12-30-25(20)23/h2-10,12,18,22,32H,11,13-17H2,1H3,(H,31,34). The van der Waals surface area contributed by atoms with Crippen molar-refractivity contribution in [3.05, 3.63) is 71.9 Å². The number of rotatable bonds is 9. The molecule has 2 heterocycles. The van der Waals surface area contributed by atoms with E-state index in [0.717, 1.165) is 25.3 Å². The molecule has 9 heteroatoms. The van der Waals surface area contributed by atoms with Crippen LogP contribution in [0.15, 0.2) is 60.8 Å². The fourth-order valence-corrected chi connectivity index (χ4v) is 4.27. The van der Waals surface area contributed by atoms with Crippen molar-refractivity contribution >= 4 is 16.8 Å². The third kappa shape index (κ3) is 6.70. The SMILES string of the molecule is CC(NC(CNC(=O)COc1cccc2cccnc12)CN1CCc2ccccc2C1)C(F)(F)F. The number of nitrogens with zero attached hydrogens (tertiary/aromatic N) is 2. The highest BCUT2D eigenvalue weighted by Gasteiger charge is 2.37. The van der Waals surface area contributed by atoms with Crippen LogP contribution in [0.2, 0.25) is 0 Å². The zero-order valence-electron chi connectivity index (χ0n) is 19.5. The molecule has 0 aliphatic carbocycles. The van der Waals surface area contributed by atoms with E-state index in [9.17, 15) is 18.0 Å². The summed E-state index contributed by atoms with van der Waals surface area (Å²) in [6.45, 7) is 2.68. The van der Waals surface area contributed by atoms with Gasteiger partial charge in [0, 0.05) is 43.8 Å². The van der Waals surface area contributed by atoms with Gasteiger partial charge in [-0.05, 0) is 36.6 Å². The van der Waals surface area contributed by atoms with Gasteiger partial charge in [-0.15, -0.1) is 0 Å². The molecule has 0 fully saturated rings. The summed E-state index contributed by atoms with van der Waals surface area (Å²) in [5.41, 5.74) is 3.10. The maximum atomic E-state index is 13.2. The number of hydrogen-bond donors (Lipinski definition) is 2. The van der Waals surface area contributed by atoms with Crippen molar-refractivity contribution in [2.45, 2.75) is 38.1 Å². The van der Waals surface area contributed by atoms with Gasteiger partial charge >= 0.3 is 6.18 Å². The van der Waals surface area contributed by atoms with Gasteiger partial charge in [-0.2, -0.15) is 13.2 Å². The van der Waals surface area contributed by atoms with Crippen molar-refractivity contribution in [1.29, 1.82) is 0 Å². The van der Waals surface area contributed by atoms with Crippen molar-refractivity contribution in [2.24, 2.45) is 0 Å². The Kier molecular flexibility index (Phi) is 7.87. The van der Waals surface area contributed by atoms with Crippen LogP contribution in [0.4, 0.5) is 13.2 Å². The molecule has 0 bridgehead atoms. The smallest absolute Gasteiger partial charge is 0.403 e. The van der Waals surface area contributed by atoms with Gasteiger partial charge in [0.25, 0.3) is 5.91 Å². The first-order valence-corrected chi connectivity index (χ1v) is 11.6. The highest BCUT2D eigenvalue weighted by atomic mass is 19.4. The molecular weight excluding hydrogens is 457 g/mol. The van der Waals surface area contributed by atoms with Crippen LogP contribution < -0.4 is 15.4 Å². The number of alkyl halides is 3. The molecule has 186 valence electrons. The average Bonchev–Trinajstić information content (AvgIpc) is 2.85. The van der Waals surface area contributed by atoms with E-state index in [0.29, 0.717) is 24.4 Å². The molecule has 1 aliphatic rings. The maximum absolute atomic E-state index is 13.2. The second kappa shape index (κ2) is 11.0. The molecule has 1 aromatic heterocycles. The molecule has 2 aromatic carbocycles. The number of aromatic nitrogens is 1. The van der Waals surface area contributed by atoms with Gasteiger partial charge < -0.3 is 15.4 Å². The van der Waals surface area contributed by atoms with Gasteiger partial charge in [-0.25, -0.2) is 0 Å². The predicted octanol–water partition coefficient (Wildman–Crippen LogP) is 3.70. The van der Waals surface area contributed by atoms with Gasteiger partial charge in [-0.3, -0.25) is 14.7 Å². The largest absolute Gasteiger partial charge is 0.481 e. The van der Waals surface area contributed by atoms with Crippen LogP contribution in [-0.2, 0) is 17.8 Å². The second-order valence-corrected chi connectivity index (χ2v) is 8.80. The molecule has 2 N–H and O–H groups in total. The molecule has 0 spiro atoms. The van der Waals surface area contributed by atoms with E-state index in [1.807, 2.05) is 42.5 Å². The Morgan fingerprint density at radius 1 is 1.11 bits per heavy atom. The molecule has 1 aliphatic heterocycles. The van der Waals surface area contributed by atoms with E-state index in [2.05, 4.69) is 26.6 Å². The molecule has 0 radical (unpaired) electrons. The summed E-state index contributed by atoms with van der Waals surface area (Å²) in [5.74, 6) is 0.0685. The third-order valence-electron chi connectivity index (χ3n) is 6.17. The molecular formula is C26H29F3N4O2. The number of carbonyl (C=O) groups excluding carboxylic acids is 1. The van der Waals surface area contributed by atoms with E-state index in [-0.39, 0.29) is 13.2 Å². The molecule has 1 amide bonds. The monoisotopic (exact) mass is 486 g/mol. The normalized spacial score (nSPS) is 15.9. The van der Waals surface area contributed by atoms with Crippen LogP contribution >= 0.6 is 0 Å². The molecule has 4 rings (SSSR count). The van der Waals surface area contributed by atoms with Gasteiger partial charge in [0.1, 0.15) is 17.3 Å². The quantitative estimate of drug-likeness (QED) is 0.483. The first-order chi connectivity index (χ1) is 16.8. The minimum atomic E-state index is -4.37. The van der Waals surface area contributed by atoms with Gasteiger partial charge in [0.05, 0.1) is 0 Å². The van der Waals surface area contributed by atoms with Crippen molar-refractivity contribution in [2.75, 3.05) is 26.2 Å². The second-order valence-electron chi connectivity index (χ2n) is 8.80. The summed E-state index contributed by atoms with van der Waals surface area (Å²) in [6.07, 6.45) is -1.88. The summed E-state index contributed by atoms with van der Waals surface area (Å²) in [6, 6.07) is 15.0. The molecule has 0 saturated carbocycles. The highest BCUT2D eigenvalue weighted by molar-refractivity contribution is 5.85. The number of benzene rings is 2. The average molecular weight is 487 g/mol. The van der Waals surface area contributed by atoms with E-state index in [1.165, 1.54) is 11.1 Å². The minimum Gasteiger partial charge on any atom is -0.481 e. The lowest BCUT2D eigenvalue weighted by atomic mass is 9.99. The number of pyridine rings is 1. The topological polar surface area (TPSA) is 66.5 Å². The Morgan fingerprint density at radius 3 is 2.69 bits per heavy atom. The Hall–Kier alpha value is -3.17. The minimum absolute atomic E-state index is 0.0501. The lowest BCUT2D eigenvalue weighted by Gasteiger charge is -2.33. The zero-order valence-corrected chi connectivity index (χ0v) is 19.5. The molecule has 3 aromatic rings. The fourth-order valence-electron chi connectivity index (χ4n) is 4.27. The Labute approximate surface area is 202 Å². The Bertz CT molecular complexity index is 1150. The summed E-state index contributed by atoms with van der Waals surface area (Å²) in [5, 5.41) is 6.26. The van der Waals surface area contributed by atoms with Gasteiger partial charge in [0.2, 0.25) is 0 Å². The van der Waals surface area contributed by atoms with E-state index < -0.39 is 24.2 Å². The number of amides is 1. The molecule has 0 saturated heterocycles. The lowest BCUT2D eigenvalue weighted by molar-refractivity contribution is -0.153. The van der Waals surface area contributed by atoms with Crippen molar-refractivity contribution in [1.82, 2.24) is 20.5 Å². The first kappa shape index (κ1) is 24.9. The number of fused-ring (bicyclic) bond motifs is 2. The summed E-state index contributed by atoms with van der Waals surface area (Å²) in [4.78, 5) is 18.9. The molecule has 6 nitrogen and oxygen atoms in total. The van der Waals surface area contributed by atoms with Crippen LogP contribution in [-0.4, -0.2) is 60.3 Å². The van der Waals surface area contributed by atoms with Crippen LogP contribution in [0.25, 0.3) is 10.9 Å². The number of para-hydroxylation sites is 1. The van der Waals surface area contributed by atoms with E-state index in [1.54, 1.807) is 12.3 Å². The number of hydrogen-bond acceptors (Lipinski definition) is 5. The fraction of sp³-hybridized carbons (Fsp3) is 0.385. The van der Waals surface area contributed by atoms with Gasteiger partial charge in [-0.1, -0.05) is 42.5 Å². The van der Waals surface area contributed by atoms with Crippen LogP contribution in [0, 0.1) is 0 Å². The Balaban J connectivity index is 1.35. The number of nitrogens with one attached hydrogen (secondary N) is 2. The van der Waals surface area contributed by atoms with Crippen LogP contribution in [0.3, 0.4) is 0 Å². The Morgan fingerprint density at radius 2 is 1.89 bits per heavy atom. The van der Waals surface area contributed by atoms with Crippen molar-refractivity contribution in [3.8, 4) is 5.75 Å². The number of halogens is 3. The molecule has 35 heavy (non-hydrogen) atoms. The summed E-state index contributed by atoms with van der Waals surface area (Å²) < 4.78 is 45.3.